The summed E-state index contributed by atoms with van der Waals surface area (Å²) in [5.41, 5.74) is 1.54. The number of anilines is 1. The Hall–Kier alpha value is -1.11. The number of nitro benzene ring substituents is 1. The van der Waals surface area contributed by atoms with Gasteiger partial charge in [0.05, 0.1) is 4.92 Å². The second-order valence-electron chi connectivity index (χ2n) is 3.96. The Morgan fingerprint density at radius 2 is 2.21 bits per heavy atom. The zero-order valence-corrected chi connectivity index (χ0v) is 13.1. The molecular formula is C12H10BrClN2O2S. The number of nitrogens with one attached hydrogen (secondary N) is 1. The summed E-state index contributed by atoms with van der Waals surface area (Å²) in [6, 6.07) is 5.10. The van der Waals surface area contributed by atoms with E-state index in [-0.39, 0.29) is 10.7 Å². The third-order valence-corrected chi connectivity index (χ3v) is 4.57. The Labute approximate surface area is 127 Å². The maximum atomic E-state index is 10.8. The minimum absolute atomic E-state index is 0.0661. The summed E-state index contributed by atoms with van der Waals surface area (Å²) in [6.45, 7) is 2.47. The number of thiophene rings is 1. The summed E-state index contributed by atoms with van der Waals surface area (Å²) >= 11 is 10.9. The van der Waals surface area contributed by atoms with Crippen LogP contribution in [0.5, 0.6) is 0 Å². The molecule has 1 aromatic heterocycles. The van der Waals surface area contributed by atoms with Crippen molar-refractivity contribution in [1.29, 1.82) is 0 Å². The average Bonchev–Trinajstić information content (AvgIpc) is 2.75. The maximum Gasteiger partial charge on any atom is 0.288 e. The van der Waals surface area contributed by atoms with E-state index in [1.165, 1.54) is 10.9 Å². The van der Waals surface area contributed by atoms with E-state index in [0.29, 0.717) is 6.54 Å². The van der Waals surface area contributed by atoms with E-state index < -0.39 is 4.92 Å². The Bertz CT molecular complexity index is 630. The lowest BCUT2D eigenvalue weighted by molar-refractivity contribution is -0.384. The molecule has 2 aromatic rings. The normalized spacial score (nSPS) is 10.5. The molecule has 1 N–H and O–H groups in total. The van der Waals surface area contributed by atoms with Gasteiger partial charge in [-0.25, -0.2) is 0 Å². The van der Waals surface area contributed by atoms with E-state index in [0.717, 1.165) is 15.7 Å². The summed E-state index contributed by atoms with van der Waals surface area (Å²) in [7, 11) is 0. The van der Waals surface area contributed by atoms with Crippen LogP contribution in [0.4, 0.5) is 11.4 Å². The highest BCUT2D eigenvalue weighted by Crippen LogP contribution is 2.31. The average molecular weight is 362 g/mol. The molecule has 4 nitrogen and oxygen atoms in total. The highest BCUT2D eigenvalue weighted by atomic mass is 79.9. The van der Waals surface area contributed by atoms with Crippen LogP contribution < -0.4 is 5.32 Å². The molecule has 7 heteroatoms. The summed E-state index contributed by atoms with van der Waals surface area (Å²) in [5.74, 6) is 0. The van der Waals surface area contributed by atoms with Crippen LogP contribution in [0.25, 0.3) is 0 Å². The van der Waals surface area contributed by atoms with Crippen molar-refractivity contribution in [2.45, 2.75) is 13.5 Å². The zero-order valence-electron chi connectivity index (χ0n) is 9.94. The van der Waals surface area contributed by atoms with E-state index in [9.17, 15) is 10.1 Å². The molecule has 0 saturated heterocycles. The first-order chi connectivity index (χ1) is 8.97. The van der Waals surface area contributed by atoms with Gasteiger partial charge in [-0.1, -0.05) is 11.6 Å². The van der Waals surface area contributed by atoms with Crippen LogP contribution in [0.3, 0.4) is 0 Å². The van der Waals surface area contributed by atoms with Gasteiger partial charge in [0.15, 0.2) is 0 Å². The quantitative estimate of drug-likeness (QED) is 0.616. The van der Waals surface area contributed by atoms with Gasteiger partial charge < -0.3 is 5.32 Å². The van der Waals surface area contributed by atoms with Crippen LogP contribution in [0, 0.1) is 17.0 Å². The number of hydrogen-bond acceptors (Lipinski definition) is 4. The van der Waals surface area contributed by atoms with Gasteiger partial charge in [-0.2, -0.15) is 0 Å². The molecule has 0 aliphatic rings. The summed E-state index contributed by atoms with van der Waals surface area (Å²) < 4.78 is 1.05. The molecule has 19 heavy (non-hydrogen) atoms. The van der Waals surface area contributed by atoms with E-state index >= 15 is 0 Å². The third-order valence-electron chi connectivity index (χ3n) is 2.57. The van der Waals surface area contributed by atoms with Crippen LogP contribution in [0.15, 0.2) is 28.1 Å². The number of benzene rings is 1. The van der Waals surface area contributed by atoms with Crippen LogP contribution in [0.1, 0.15) is 10.4 Å². The molecular weight excluding hydrogens is 352 g/mol. The predicted molar refractivity (Wildman–Crippen MR) is 82.2 cm³/mol. The Kier molecular flexibility index (Phi) is 4.44. The maximum absolute atomic E-state index is 10.8. The van der Waals surface area contributed by atoms with Crippen LogP contribution in [-0.2, 0) is 6.54 Å². The third kappa shape index (κ3) is 3.46. The van der Waals surface area contributed by atoms with Crippen molar-refractivity contribution in [1.82, 2.24) is 0 Å². The topological polar surface area (TPSA) is 55.2 Å². The monoisotopic (exact) mass is 360 g/mol. The molecule has 0 unspecified atom stereocenters. The van der Waals surface area contributed by atoms with Crippen molar-refractivity contribution in [3.63, 3.8) is 0 Å². The largest absolute Gasteiger partial charge is 0.380 e. The van der Waals surface area contributed by atoms with Crippen LogP contribution in [-0.4, -0.2) is 4.92 Å². The molecule has 0 aliphatic heterocycles. The highest BCUT2D eigenvalue weighted by molar-refractivity contribution is 9.10. The number of aryl methyl sites for hydroxylation is 1. The van der Waals surface area contributed by atoms with Gasteiger partial charge in [-0.05, 0) is 40.5 Å². The molecule has 100 valence electrons. The molecule has 0 fully saturated rings. The first-order valence-corrected chi connectivity index (χ1v) is 7.43. The van der Waals surface area contributed by atoms with Gasteiger partial charge in [0.25, 0.3) is 5.69 Å². The number of hydrogen-bond donors (Lipinski definition) is 1. The fraction of sp³-hybridized carbons (Fsp3) is 0.167. The van der Waals surface area contributed by atoms with Gasteiger partial charge in [0.1, 0.15) is 5.02 Å². The summed E-state index contributed by atoms with van der Waals surface area (Å²) in [6.07, 6.45) is 0. The van der Waals surface area contributed by atoms with Gasteiger partial charge >= 0.3 is 0 Å². The molecule has 0 saturated carbocycles. The molecule has 0 radical (unpaired) electrons. The van der Waals surface area contributed by atoms with E-state index in [2.05, 4.69) is 21.2 Å². The number of nitro groups is 1. The van der Waals surface area contributed by atoms with Gasteiger partial charge in [0.2, 0.25) is 0 Å². The smallest absolute Gasteiger partial charge is 0.288 e. The van der Waals surface area contributed by atoms with E-state index in [4.69, 9.17) is 11.6 Å². The van der Waals surface area contributed by atoms with Crippen molar-refractivity contribution < 1.29 is 4.92 Å². The molecule has 1 aromatic carbocycles. The standard InChI is InChI=1S/C12H10BrClN2O2S/c1-7-2-12(16(17)18)10(14)4-11(7)15-5-9-3-8(13)6-19-9/h2-4,6,15H,5H2,1H3. The zero-order chi connectivity index (χ0) is 14.0. The Morgan fingerprint density at radius 3 is 2.79 bits per heavy atom. The van der Waals surface area contributed by atoms with Crippen molar-refractivity contribution >= 4 is 50.2 Å². The van der Waals surface area contributed by atoms with Gasteiger partial charge in [-0.3, -0.25) is 10.1 Å². The number of nitrogens with zero attached hydrogens (tertiary/aromatic N) is 1. The molecule has 0 atom stereocenters. The summed E-state index contributed by atoms with van der Waals surface area (Å²) in [4.78, 5) is 11.5. The molecule has 0 amide bonds. The molecule has 0 spiro atoms. The first kappa shape index (κ1) is 14.3. The van der Waals surface area contributed by atoms with Crippen molar-refractivity contribution in [2.24, 2.45) is 0 Å². The van der Waals surface area contributed by atoms with Crippen LogP contribution >= 0.6 is 38.9 Å². The van der Waals surface area contributed by atoms with Crippen molar-refractivity contribution in [3.05, 3.63) is 53.6 Å². The lowest BCUT2D eigenvalue weighted by Gasteiger charge is -2.09. The predicted octanol–water partition coefficient (Wildman–Crippen LogP) is 4.99. The molecule has 1 heterocycles. The Morgan fingerprint density at radius 1 is 1.47 bits per heavy atom. The van der Waals surface area contributed by atoms with E-state index in [1.807, 2.05) is 18.4 Å². The fourth-order valence-corrected chi connectivity index (χ4v) is 3.25. The minimum Gasteiger partial charge on any atom is -0.380 e. The summed E-state index contributed by atoms with van der Waals surface area (Å²) in [5, 5.41) is 16.1. The minimum atomic E-state index is -0.477. The molecule has 0 aliphatic carbocycles. The second-order valence-corrected chi connectivity index (χ2v) is 6.28. The number of rotatable bonds is 4. The fourth-order valence-electron chi connectivity index (χ4n) is 1.63. The molecule has 2 rings (SSSR count). The van der Waals surface area contributed by atoms with Gasteiger partial charge in [-0.15, -0.1) is 11.3 Å². The highest BCUT2D eigenvalue weighted by Gasteiger charge is 2.14. The van der Waals surface area contributed by atoms with Crippen molar-refractivity contribution in [3.8, 4) is 0 Å². The lowest BCUT2D eigenvalue weighted by Crippen LogP contribution is -2.00. The second kappa shape index (κ2) is 5.90. The lowest BCUT2D eigenvalue weighted by atomic mass is 10.1. The van der Waals surface area contributed by atoms with Gasteiger partial charge in [0, 0.05) is 33.0 Å². The molecule has 0 bridgehead atoms. The van der Waals surface area contributed by atoms with E-state index in [1.54, 1.807) is 17.4 Å². The van der Waals surface area contributed by atoms with Crippen LogP contribution in [0.2, 0.25) is 5.02 Å². The Balaban J connectivity index is 2.17. The SMILES string of the molecule is Cc1cc([N+](=O)[O-])c(Cl)cc1NCc1cc(Br)cs1. The van der Waals surface area contributed by atoms with Crippen molar-refractivity contribution in [2.75, 3.05) is 5.32 Å². The number of halogens is 2. The first-order valence-electron chi connectivity index (χ1n) is 5.38.